The van der Waals surface area contributed by atoms with Crippen LogP contribution >= 0.6 is 0 Å². The number of aromatic nitrogens is 3. The summed E-state index contributed by atoms with van der Waals surface area (Å²) in [7, 11) is 0. The number of aliphatic hydroxyl groups is 3. The smallest absolute Gasteiger partial charge is 0.180 e. The van der Waals surface area contributed by atoms with Crippen LogP contribution in [0.3, 0.4) is 0 Å². The van der Waals surface area contributed by atoms with Crippen LogP contribution < -0.4 is 5.73 Å². The van der Waals surface area contributed by atoms with Crippen molar-refractivity contribution in [2.24, 2.45) is 0 Å². The second kappa shape index (κ2) is 4.68. The Hall–Kier alpha value is -2.18. The molecule has 0 bridgehead atoms. The SMILES string of the molecule is C#C[C@]1(CO)O[C@@H](c2ccc3c(N)ncnn23)C(O)[C@H]1O. The van der Waals surface area contributed by atoms with Gasteiger partial charge in [-0.1, -0.05) is 5.92 Å². The maximum absolute atomic E-state index is 10.2. The van der Waals surface area contributed by atoms with Crippen molar-refractivity contribution in [3.05, 3.63) is 24.2 Å². The summed E-state index contributed by atoms with van der Waals surface area (Å²) in [6.07, 6.45) is 2.93. The number of aliphatic hydroxyl groups excluding tert-OH is 3. The molecule has 8 nitrogen and oxygen atoms in total. The molecular weight excluding hydrogens is 276 g/mol. The van der Waals surface area contributed by atoms with Crippen molar-refractivity contribution in [1.82, 2.24) is 14.6 Å². The molecule has 1 aliphatic rings. The second-order valence-electron chi connectivity index (χ2n) is 4.87. The molecule has 0 spiro atoms. The van der Waals surface area contributed by atoms with Gasteiger partial charge in [0.25, 0.3) is 0 Å². The molecule has 4 atom stereocenters. The van der Waals surface area contributed by atoms with Gasteiger partial charge in [0.15, 0.2) is 11.4 Å². The van der Waals surface area contributed by atoms with Crippen LogP contribution in [0, 0.1) is 12.3 Å². The van der Waals surface area contributed by atoms with E-state index in [4.69, 9.17) is 16.9 Å². The van der Waals surface area contributed by atoms with Crippen molar-refractivity contribution < 1.29 is 20.1 Å². The van der Waals surface area contributed by atoms with Gasteiger partial charge in [-0.05, 0) is 12.1 Å². The molecule has 2 aromatic heterocycles. The van der Waals surface area contributed by atoms with Gasteiger partial charge < -0.3 is 25.8 Å². The fourth-order valence-corrected chi connectivity index (χ4v) is 2.53. The van der Waals surface area contributed by atoms with E-state index in [9.17, 15) is 15.3 Å². The summed E-state index contributed by atoms with van der Waals surface area (Å²) in [5, 5.41) is 33.7. The fourth-order valence-electron chi connectivity index (χ4n) is 2.53. The van der Waals surface area contributed by atoms with Crippen LogP contribution in [-0.2, 0) is 4.74 Å². The highest BCUT2D eigenvalue weighted by atomic mass is 16.6. The summed E-state index contributed by atoms with van der Waals surface area (Å²) in [5.41, 5.74) is 5.09. The largest absolute Gasteiger partial charge is 0.392 e. The molecule has 1 fully saturated rings. The molecule has 0 saturated carbocycles. The lowest BCUT2D eigenvalue weighted by molar-refractivity contribution is -0.0732. The number of fused-ring (bicyclic) bond motifs is 1. The Morgan fingerprint density at radius 2 is 2.24 bits per heavy atom. The van der Waals surface area contributed by atoms with Gasteiger partial charge in [-0.2, -0.15) is 5.10 Å². The first-order chi connectivity index (χ1) is 10.0. The number of ether oxygens (including phenoxy) is 1. The highest BCUT2D eigenvalue weighted by molar-refractivity contribution is 5.65. The Morgan fingerprint density at radius 3 is 2.86 bits per heavy atom. The number of nitrogen functional groups attached to an aromatic ring is 1. The minimum absolute atomic E-state index is 0.273. The lowest BCUT2D eigenvalue weighted by Gasteiger charge is -2.23. The number of anilines is 1. The highest BCUT2D eigenvalue weighted by Gasteiger charge is 2.54. The minimum Gasteiger partial charge on any atom is -0.392 e. The summed E-state index contributed by atoms with van der Waals surface area (Å²) in [6.45, 7) is -0.612. The Morgan fingerprint density at radius 1 is 1.48 bits per heavy atom. The van der Waals surface area contributed by atoms with E-state index in [1.54, 1.807) is 12.1 Å². The highest BCUT2D eigenvalue weighted by Crippen LogP contribution is 2.40. The monoisotopic (exact) mass is 290 g/mol. The van der Waals surface area contributed by atoms with Gasteiger partial charge in [0.1, 0.15) is 30.2 Å². The van der Waals surface area contributed by atoms with Gasteiger partial charge in [0, 0.05) is 0 Å². The number of hydrogen-bond donors (Lipinski definition) is 4. The molecule has 0 aromatic carbocycles. The normalized spacial score (nSPS) is 32.4. The first kappa shape index (κ1) is 13.8. The average molecular weight is 290 g/mol. The van der Waals surface area contributed by atoms with Crippen molar-refractivity contribution in [2.75, 3.05) is 12.3 Å². The topological polar surface area (TPSA) is 126 Å². The predicted molar refractivity (Wildman–Crippen MR) is 71.9 cm³/mol. The zero-order chi connectivity index (χ0) is 15.2. The third-order valence-electron chi connectivity index (χ3n) is 3.73. The van der Waals surface area contributed by atoms with E-state index in [2.05, 4.69) is 16.0 Å². The summed E-state index contributed by atoms with van der Waals surface area (Å²) in [5.74, 6) is 2.48. The van der Waals surface area contributed by atoms with Crippen molar-refractivity contribution in [1.29, 1.82) is 0 Å². The molecule has 1 saturated heterocycles. The van der Waals surface area contributed by atoms with Crippen molar-refractivity contribution >= 4 is 11.3 Å². The molecule has 5 N–H and O–H groups in total. The van der Waals surface area contributed by atoms with E-state index in [1.807, 2.05) is 0 Å². The first-order valence-electron chi connectivity index (χ1n) is 6.25. The summed E-state index contributed by atoms with van der Waals surface area (Å²) < 4.78 is 7.01. The van der Waals surface area contributed by atoms with Crippen molar-refractivity contribution in [3.8, 4) is 12.3 Å². The van der Waals surface area contributed by atoms with Crippen LogP contribution in [0.25, 0.3) is 5.52 Å². The van der Waals surface area contributed by atoms with Crippen molar-refractivity contribution in [3.63, 3.8) is 0 Å². The molecule has 1 unspecified atom stereocenters. The number of hydrogen-bond acceptors (Lipinski definition) is 7. The standard InChI is InChI=1S/C13H14N4O4/c1-2-13(5-18)11(20)9(19)10(21-13)7-3-4-8-12(14)15-6-16-17(7)8/h1,3-4,6,9-11,18-20H,5H2,(H2,14,15,16)/t9?,10-,11+,13+/m0/s1. The molecule has 21 heavy (non-hydrogen) atoms. The van der Waals surface area contributed by atoms with Crippen LogP contribution in [0.1, 0.15) is 11.8 Å². The predicted octanol–water partition coefficient (Wildman–Crippen LogP) is -1.53. The van der Waals surface area contributed by atoms with Gasteiger partial charge in [0.05, 0.1) is 12.3 Å². The van der Waals surface area contributed by atoms with Gasteiger partial charge in [0.2, 0.25) is 0 Å². The molecule has 3 rings (SSSR count). The molecule has 110 valence electrons. The zero-order valence-electron chi connectivity index (χ0n) is 10.9. The minimum atomic E-state index is -1.65. The Kier molecular flexibility index (Phi) is 3.07. The first-order valence-corrected chi connectivity index (χ1v) is 6.25. The number of nitrogens with zero attached hydrogens (tertiary/aromatic N) is 3. The van der Waals surface area contributed by atoms with Crippen molar-refractivity contribution in [2.45, 2.75) is 23.9 Å². The fraction of sp³-hybridized carbons (Fsp3) is 0.385. The van der Waals surface area contributed by atoms with E-state index in [0.717, 1.165) is 0 Å². The molecule has 0 radical (unpaired) electrons. The summed E-state index contributed by atoms with van der Waals surface area (Å²) >= 11 is 0. The third-order valence-corrected chi connectivity index (χ3v) is 3.73. The molecule has 0 amide bonds. The molecule has 1 aliphatic heterocycles. The van der Waals surface area contributed by atoms with Crippen LogP contribution in [0.2, 0.25) is 0 Å². The quantitative estimate of drug-likeness (QED) is 0.494. The van der Waals surface area contributed by atoms with E-state index >= 15 is 0 Å². The molecule has 3 heterocycles. The number of nitrogens with two attached hydrogens (primary N) is 1. The Bertz CT molecular complexity index is 725. The molecule has 8 heteroatoms. The van der Waals surface area contributed by atoms with Crippen LogP contribution in [0.4, 0.5) is 5.82 Å². The molecular formula is C13H14N4O4. The maximum atomic E-state index is 10.2. The maximum Gasteiger partial charge on any atom is 0.180 e. The van der Waals surface area contributed by atoms with E-state index in [-0.39, 0.29) is 5.82 Å². The third kappa shape index (κ3) is 1.80. The van der Waals surface area contributed by atoms with E-state index in [0.29, 0.717) is 11.2 Å². The number of rotatable bonds is 2. The molecule has 2 aromatic rings. The van der Waals surface area contributed by atoms with Crippen LogP contribution in [-0.4, -0.2) is 54.3 Å². The number of terminal acetylenes is 1. The van der Waals surface area contributed by atoms with Crippen LogP contribution in [0.15, 0.2) is 18.5 Å². The van der Waals surface area contributed by atoms with E-state index in [1.165, 1.54) is 10.8 Å². The van der Waals surface area contributed by atoms with Gasteiger partial charge in [-0.3, -0.25) is 0 Å². The van der Waals surface area contributed by atoms with E-state index < -0.39 is 30.5 Å². The van der Waals surface area contributed by atoms with Gasteiger partial charge >= 0.3 is 0 Å². The lowest BCUT2D eigenvalue weighted by atomic mass is 9.96. The average Bonchev–Trinajstić information content (AvgIpc) is 3.02. The van der Waals surface area contributed by atoms with Gasteiger partial charge in [-0.25, -0.2) is 9.50 Å². The summed E-state index contributed by atoms with van der Waals surface area (Å²) in [6, 6.07) is 3.31. The second-order valence-corrected chi connectivity index (χ2v) is 4.87. The molecule has 0 aliphatic carbocycles. The Balaban J connectivity index is 2.08. The Labute approximate surface area is 119 Å². The van der Waals surface area contributed by atoms with Gasteiger partial charge in [-0.15, -0.1) is 6.42 Å². The summed E-state index contributed by atoms with van der Waals surface area (Å²) in [4.78, 5) is 3.86. The zero-order valence-corrected chi connectivity index (χ0v) is 10.9. The van der Waals surface area contributed by atoms with Crippen LogP contribution in [0.5, 0.6) is 0 Å². The lowest BCUT2D eigenvalue weighted by Crippen LogP contribution is -2.44.